The highest BCUT2D eigenvalue weighted by atomic mass is 32.2. The van der Waals surface area contributed by atoms with Gasteiger partial charge < -0.3 is 24.4 Å². The average molecular weight is 591 g/mol. The quantitative estimate of drug-likeness (QED) is 0.447. The molecule has 0 aliphatic carbocycles. The number of hydrogen-bond acceptors (Lipinski definition) is 9. The Morgan fingerprint density at radius 1 is 1.17 bits per heavy atom. The Bertz CT molecular complexity index is 1370. The number of benzene rings is 1. The number of rotatable bonds is 9. The molecular weight excluding hydrogens is 555 g/mol. The molecule has 41 heavy (non-hydrogen) atoms. The first-order chi connectivity index (χ1) is 19.7. The van der Waals surface area contributed by atoms with E-state index in [2.05, 4.69) is 24.5 Å². The van der Waals surface area contributed by atoms with Gasteiger partial charge in [0.25, 0.3) is 10.2 Å². The van der Waals surface area contributed by atoms with Gasteiger partial charge in [-0.15, -0.1) is 0 Å². The van der Waals surface area contributed by atoms with Gasteiger partial charge in [-0.1, -0.05) is 0 Å². The first kappa shape index (κ1) is 28.2. The fourth-order valence-corrected chi connectivity index (χ4v) is 7.57. The van der Waals surface area contributed by atoms with E-state index >= 15 is 0 Å². The van der Waals surface area contributed by atoms with E-state index in [-0.39, 0.29) is 28.9 Å². The maximum Gasteiger partial charge on any atom is 0.339 e. The third-order valence-electron chi connectivity index (χ3n) is 8.62. The van der Waals surface area contributed by atoms with Crippen LogP contribution < -0.4 is 14.4 Å². The molecule has 4 fully saturated rings. The number of piperidine rings is 1. The van der Waals surface area contributed by atoms with Crippen LogP contribution >= 0.6 is 0 Å². The highest BCUT2D eigenvalue weighted by molar-refractivity contribution is 7.87. The Morgan fingerprint density at radius 2 is 1.95 bits per heavy atom. The monoisotopic (exact) mass is 590 g/mol. The van der Waals surface area contributed by atoms with Gasteiger partial charge in [-0.25, -0.2) is 19.2 Å². The van der Waals surface area contributed by atoms with Gasteiger partial charge in [0.1, 0.15) is 23.5 Å². The molecule has 0 saturated carbocycles. The number of nitrogens with zero attached hydrogens (tertiary/aromatic N) is 5. The standard InChI is InChI=1S/C27H35FN6O6S/c28-19-2-5-23(22(12-19)26(35)36)40-24-13-29-18-30-25(24)33-16-27(17-33)6-10-32(11-7-27)14-21-4-3-20(15-39-21)31-41(37,38)34-8-1-9-34/h2,5,12-13,18,20-21,31H,1,3-4,6-11,14-17H2,(H,35,36)/t20-,21+/m1/s1. The minimum absolute atomic E-state index is 0.0308. The summed E-state index contributed by atoms with van der Waals surface area (Å²) in [5, 5.41) is 9.45. The number of carbonyl (C=O) groups is 1. The van der Waals surface area contributed by atoms with Gasteiger partial charge in [-0.2, -0.15) is 17.4 Å². The molecule has 14 heteroatoms. The average Bonchev–Trinajstić information content (AvgIpc) is 2.89. The summed E-state index contributed by atoms with van der Waals surface area (Å²) in [6.07, 6.45) is 7.64. The summed E-state index contributed by atoms with van der Waals surface area (Å²) in [4.78, 5) is 24.6. The largest absolute Gasteiger partial charge is 0.478 e. The predicted octanol–water partition coefficient (Wildman–Crippen LogP) is 2.10. The van der Waals surface area contributed by atoms with E-state index in [1.165, 1.54) is 22.9 Å². The van der Waals surface area contributed by atoms with Gasteiger partial charge in [-0.05, 0) is 63.4 Å². The maximum absolute atomic E-state index is 13.6. The summed E-state index contributed by atoms with van der Waals surface area (Å²) in [6.45, 7) is 5.98. The molecule has 1 aromatic carbocycles. The van der Waals surface area contributed by atoms with Crippen LogP contribution in [0.3, 0.4) is 0 Å². The second kappa shape index (κ2) is 11.4. The summed E-state index contributed by atoms with van der Waals surface area (Å²) >= 11 is 0. The van der Waals surface area contributed by atoms with E-state index in [0.29, 0.717) is 31.3 Å². The molecule has 1 aromatic heterocycles. The van der Waals surface area contributed by atoms with Crippen LogP contribution in [0.5, 0.6) is 11.5 Å². The molecule has 0 bridgehead atoms. The molecule has 2 N–H and O–H groups in total. The smallest absolute Gasteiger partial charge is 0.339 e. The second-order valence-electron chi connectivity index (χ2n) is 11.5. The lowest BCUT2D eigenvalue weighted by Gasteiger charge is -2.54. The van der Waals surface area contributed by atoms with Crippen molar-refractivity contribution in [1.29, 1.82) is 0 Å². The molecular formula is C27H35FN6O6S. The van der Waals surface area contributed by atoms with Crippen LogP contribution in [0.4, 0.5) is 10.2 Å². The van der Waals surface area contributed by atoms with Crippen LogP contribution in [0.15, 0.2) is 30.7 Å². The summed E-state index contributed by atoms with van der Waals surface area (Å²) < 4.78 is 54.5. The van der Waals surface area contributed by atoms with Gasteiger partial charge in [0.05, 0.1) is 18.9 Å². The number of nitrogens with one attached hydrogen (secondary N) is 1. The first-order valence-corrected chi connectivity index (χ1v) is 15.5. The van der Waals surface area contributed by atoms with Crippen molar-refractivity contribution < 1.29 is 32.2 Å². The highest BCUT2D eigenvalue weighted by Gasteiger charge is 2.46. The van der Waals surface area contributed by atoms with Gasteiger partial charge in [0.15, 0.2) is 11.6 Å². The maximum atomic E-state index is 13.6. The Kier molecular flexibility index (Phi) is 7.85. The van der Waals surface area contributed by atoms with Crippen molar-refractivity contribution in [2.45, 2.75) is 44.2 Å². The molecule has 0 radical (unpaired) electrons. The number of carboxylic acid groups (broad SMARTS) is 1. The van der Waals surface area contributed by atoms with Crippen molar-refractivity contribution in [3.05, 3.63) is 42.1 Å². The fourth-order valence-electron chi connectivity index (χ4n) is 6.08. The van der Waals surface area contributed by atoms with Crippen molar-refractivity contribution in [2.24, 2.45) is 5.41 Å². The Hall–Kier alpha value is -2.91. The summed E-state index contributed by atoms with van der Waals surface area (Å²) in [7, 11) is -3.39. The molecule has 12 nitrogen and oxygen atoms in total. The van der Waals surface area contributed by atoms with Gasteiger partial charge in [-0.3, -0.25) is 0 Å². The van der Waals surface area contributed by atoms with Crippen LogP contribution in [0.2, 0.25) is 0 Å². The lowest BCUT2D eigenvalue weighted by atomic mass is 9.72. The molecule has 0 unspecified atom stereocenters. The number of aromatic carboxylic acids is 1. The number of likely N-dealkylation sites (tertiary alicyclic amines) is 1. The molecule has 222 valence electrons. The zero-order chi connectivity index (χ0) is 28.6. The van der Waals surface area contributed by atoms with Crippen LogP contribution in [0.1, 0.15) is 42.5 Å². The lowest BCUT2D eigenvalue weighted by molar-refractivity contribution is -0.0301. The van der Waals surface area contributed by atoms with Crippen LogP contribution in [0, 0.1) is 11.2 Å². The highest BCUT2D eigenvalue weighted by Crippen LogP contribution is 2.45. The molecule has 4 aliphatic rings. The van der Waals surface area contributed by atoms with Gasteiger partial charge >= 0.3 is 5.97 Å². The van der Waals surface area contributed by atoms with E-state index in [9.17, 15) is 22.7 Å². The van der Waals surface area contributed by atoms with Crippen molar-refractivity contribution in [3.63, 3.8) is 0 Å². The Balaban J connectivity index is 0.978. The van der Waals surface area contributed by atoms with Gasteiger partial charge in [0, 0.05) is 44.2 Å². The van der Waals surface area contributed by atoms with E-state index in [1.807, 2.05) is 0 Å². The molecule has 1 spiro atoms. The topological polar surface area (TPSA) is 137 Å². The summed E-state index contributed by atoms with van der Waals surface area (Å²) in [5.74, 6) is -0.988. The Morgan fingerprint density at radius 3 is 2.61 bits per heavy atom. The number of hydrogen-bond donors (Lipinski definition) is 2. The molecule has 4 saturated heterocycles. The molecule has 0 amide bonds. The Labute approximate surface area is 238 Å². The molecule has 2 aromatic rings. The first-order valence-electron chi connectivity index (χ1n) is 14.1. The van der Waals surface area contributed by atoms with Crippen molar-refractivity contribution in [3.8, 4) is 11.5 Å². The van der Waals surface area contributed by atoms with Gasteiger partial charge in [0.2, 0.25) is 0 Å². The van der Waals surface area contributed by atoms with Crippen molar-refractivity contribution >= 4 is 22.0 Å². The van der Waals surface area contributed by atoms with E-state index in [1.54, 1.807) is 0 Å². The van der Waals surface area contributed by atoms with E-state index < -0.39 is 22.0 Å². The zero-order valence-electron chi connectivity index (χ0n) is 22.7. The summed E-state index contributed by atoms with van der Waals surface area (Å²) in [6, 6.07) is 3.21. The number of aromatic nitrogens is 2. The third-order valence-corrected chi connectivity index (χ3v) is 10.3. The molecule has 4 aliphatic heterocycles. The third kappa shape index (κ3) is 6.16. The number of halogens is 1. The molecule has 6 rings (SSSR count). The number of carboxylic acids is 1. The number of ether oxygens (including phenoxy) is 2. The van der Waals surface area contributed by atoms with E-state index in [4.69, 9.17) is 9.47 Å². The number of anilines is 1. The van der Waals surface area contributed by atoms with Crippen LogP contribution in [0.25, 0.3) is 0 Å². The van der Waals surface area contributed by atoms with Crippen molar-refractivity contribution in [1.82, 2.24) is 23.9 Å². The van der Waals surface area contributed by atoms with Crippen LogP contribution in [-0.4, -0.2) is 103 Å². The zero-order valence-corrected chi connectivity index (χ0v) is 23.6. The fraction of sp³-hybridized carbons (Fsp3) is 0.593. The van der Waals surface area contributed by atoms with Crippen LogP contribution in [-0.2, 0) is 14.9 Å². The van der Waals surface area contributed by atoms with Crippen molar-refractivity contribution in [2.75, 3.05) is 57.3 Å². The predicted molar refractivity (Wildman–Crippen MR) is 147 cm³/mol. The summed E-state index contributed by atoms with van der Waals surface area (Å²) in [5.41, 5.74) is -0.0910. The lowest BCUT2D eigenvalue weighted by Crippen LogP contribution is -2.61. The molecule has 2 atom stereocenters. The minimum atomic E-state index is -3.39. The van der Waals surface area contributed by atoms with E-state index in [0.717, 1.165) is 77.0 Å². The second-order valence-corrected chi connectivity index (χ2v) is 13.2. The molecule has 5 heterocycles. The normalized spacial score (nSPS) is 25.0. The SMILES string of the molecule is O=C(O)c1cc(F)ccc1Oc1cncnc1N1CC2(CCN(C[C@@H]3CC[C@@H](NS(=O)(=O)N4CCC4)CO3)CC2)C1. The minimum Gasteiger partial charge on any atom is -0.478 e.